The predicted molar refractivity (Wildman–Crippen MR) is 115 cm³/mol. The van der Waals surface area contributed by atoms with Gasteiger partial charge >= 0.3 is 0 Å². The number of carbonyl (C=O) groups is 1. The maximum absolute atomic E-state index is 12.8. The molecule has 1 unspecified atom stereocenters. The summed E-state index contributed by atoms with van der Waals surface area (Å²) in [7, 11) is 1.61. The summed E-state index contributed by atoms with van der Waals surface area (Å²) in [5, 5.41) is 11.2. The Bertz CT molecular complexity index is 1010. The van der Waals surface area contributed by atoms with Crippen LogP contribution < -0.4 is 14.8 Å². The Hall–Kier alpha value is -3.35. The van der Waals surface area contributed by atoms with Crippen molar-refractivity contribution in [2.24, 2.45) is 0 Å². The number of amides is 1. The molecule has 30 heavy (non-hydrogen) atoms. The van der Waals surface area contributed by atoms with Gasteiger partial charge in [0, 0.05) is 0 Å². The maximum Gasteiger partial charge on any atom is 0.274 e. The van der Waals surface area contributed by atoms with Gasteiger partial charge in [-0.2, -0.15) is 0 Å². The smallest absolute Gasteiger partial charge is 0.274 e. The molecule has 7 heteroatoms. The van der Waals surface area contributed by atoms with Crippen molar-refractivity contribution >= 4 is 5.91 Å². The summed E-state index contributed by atoms with van der Waals surface area (Å²) < 4.78 is 12.8. The fourth-order valence-corrected chi connectivity index (χ4v) is 3.10. The molecule has 1 aromatic heterocycles. The molecular formula is C23H28N4O3. The number of aryl methyl sites for hydroxylation is 1. The highest BCUT2D eigenvalue weighted by atomic mass is 16.5. The zero-order valence-corrected chi connectivity index (χ0v) is 18.1. The zero-order chi connectivity index (χ0) is 21.7. The van der Waals surface area contributed by atoms with Crippen molar-refractivity contribution in [3.05, 3.63) is 65.0 Å². The van der Waals surface area contributed by atoms with Crippen LogP contribution in [-0.4, -0.2) is 34.6 Å². The molecule has 1 heterocycles. The van der Waals surface area contributed by atoms with E-state index in [2.05, 4.69) is 22.6 Å². The quantitative estimate of drug-likeness (QED) is 0.605. The van der Waals surface area contributed by atoms with Crippen molar-refractivity contribution in [2.45, 2.75) is 40.2 Å². The normalized spacial score (nSPS) is 11.8. The largest absolute Gasteiger partial charge is 0.493 e. The second kappa shape index (κ2) is 9.43. The number of hydrogen-bond donors (Lipinski definition) is 1. The fourth-order valence-electron chi connectivity index (χ4n) is 3.10. The predicted octanol–water partition coefficient (Wildman–Crippen LogP) is 4.17. The molecule has 3 aromatic rings. The average molecular weight is 409 g/mol. The summed E-state index contributed by atoms with van der Waals surface area (Å²) in [6, 6.07) is 13.3. The van der Waals surface area contributed by atoms with Gasteiger partial charge in [0.05, 0.1) is 31.1 Å². The Labute approximate surface area is 177 Å². The molecular weight excluding hydrogens is 380 g/mol. The van der Waals surface area contributed by atoms with Gasteiger partial charge in [-0.25, -0.2) is 4.68 Å². The number of rotatable bonds is 8. The van der Waals surface area contributed by atoms with Crippen LogP contribution in [0.15, 0.2) is 42.5 Å². The Morgan fingerprint density at radius 2 is 1.87 bits per heavy atom. The standard InChI is InChI=1S/C23H28N4O3/c1-6-13-30-20-12-9-18(14-21(20)29-5)16(3)24-23(28)22-17(4)27(26-25-22)19-10-7-15(2)8-11-19/h7-12,14,16H,6,13H2,1-5H3,(H,24,28). The molecule has 0 aliphatic carbocycles. The average Bonchev–Trinajstić information content (AvgIpc) is 3.14. The minimum Gasteiger partial charge on any atom is -0.493 e. The molecule has 3 rings (SSSR count). The van der Waals surface area contributed by atoms with Crippen LogP contribution in [-0.2, 0) is 0 Å². The van der Waals surface area contributed by atoms with Crippen molar-refractivity contribution in [3.8, 4) is 17.2 Å². The molecule has 0 saturated carbocycles. The SMILES string of the molecule is CCCOc1ccc(C(C)NC(=O)c2nnn(-c3ccc(C)cc3)c2C)cc1OC. The van der Waals surface area contributed by atoms with E-state index in [1.54, 1.807) is 11.8 Å². The molecule has 0 spiro atoms. The van der Waals surface area contributed by atoms with Crippen molar-refractivity contribution in [1.29, 1.82) is 0 Å². The Kier molecular flexibility index (Phi) is 6.72. The molecule has 1 amide bonds. The first-order chi connectivity index (χ1) is 14.4. The molecule has 0 radical (unpaired) electrons. The topological polar surface area (TPSA) is 78.3 Å². The third kappa shape index (κ3) is 4.62. The van der Waals surface area contributed by atoms with Crippen LogP contribution in [0.3, 0.4) is 0 Å². The number of ether oxygens (including phenoxy) is 2. The van der Waals surface area contributed by atoms with Crippen LogP contribution in [0.5, 0.6) is 11.5 Å². The summed E-state index contributed by atoms with van der Waals surface area (Å²) in [5.74, 6) is 1.06. The molecule has 1 N–H and O–H groups in total. The van der Waals surface area contributed by atoms with Crippen molar-refractivity contribution in [1.82, 2.24) is 20.3 Å². The van der Waals surface area contributed by atoms with E-state index in [0.29, 0.717) is 29.5 Å². The van der Waals surface area contributed by atoms with Gasteiger partial charge in [-0.05, 0) is 57.0 Å². The molecule has 1 atom stereocenters. The van der Waals surface area contributed by atoms with E-state index in [9.17, 15) is 4.79 Å². The maximum atomic E-state index is 12.8. The summed E-state index contributed by atoms with van der Waals surface area (Å²) in [6.45, 7) is 8.45. The van der Waals surface area contributed by atoms with Crippen LogP contribution >= 0.6 is 0 Å². The third-order valence-corrected chi connectivity index (χ3v) is 4.89. The lowest BCUT2D eigenvalue weighted by Gasteiger charge is -2.17. The van der Waals surface area contributed by atoms with Crippen LogP contribution in [0.4, 0.5) is 0 Å². The summed E-state index contributed by atoms with van der Waals surface area (Å²) in [5.41, 5.74) is 3.92. The lowest BCUT2D eigenvalue weighted by Crippen LogP contribution is -2.27. The van der Waals surface area contributed by atoms with E-state index in [0.717, 1.165) is 23.2 Å². The van der Waals surface area contributed by atoms with Crippen LogP contribution in [0.2, 0.25) is 0 Å². The van der Waals surface area contributed by atoms with Crippen LogP contribution in [0.1, 0.15) is 53.6 Å². The lowest BCUT2D eigenvalue weighted by molar-refractivity contribution is 0.0934. The summed E-state index contributed by atoms with van der Waals surface area (Å²) in [4.78, 5) is 12.8. The van der Waals surface area contributed by atoms with Gasteiger partial charge in [-0.1, -0.05) is 35.9 Å². The number of nitrogens with zero attached hydrogens (tertiary/aromatic N) is 3. The first-order valence-corrected chi connectivity index (χ1v) is 10.1. The van der Waals surface area contributed by atoms with Gasteiger partial charge < -0.3 is 14.8 Å². The second-order valence-corrected chi connectivity index (χ2v) is 7.22. The summed E-state index contributed by atoms with van der Waals surface area (Å²) in [6.07, 6.45) is 0.917. The van der Waals surface area contributed by atoms with Gasteiger partial charge in [-0.15, -0.1) is 5.10 Å². The second-order valence-electron chi connectivity index (χ2n) is 7.22. The van der Waals surface area contributed by atoms with Crippen LogP contribution in [0.25, 0.3) is 5.69 Å². The molecule has 0 fully saturated rings. The molecule has 7 nitrogen and oxygen atoms in total. The number of methoxy groups -OCH3 is 1. The Morgan fingerprint density at radius 3 is 2.53 bits per heavy atom. The number of nitrogens with one attached hydrogen (secondary N) is 1. The third-order valence-electron chi connectivity index (χ3n) is 4.89. The summed E-state index contributed by atoms with van der Waals surface area (Å²) >= 11 is 0. The highest BCUT2D eigenvalue weighted by Crippen LogP contribution is 2.30. The molecule has 0 bridgehead atoms. The minimum absolute atomic E-state index is 0.240. The van der Waals surface area contributed by atoms with Gasteiger partial charge in [-0.3, -0.25) is 4.79 Å². The van der Waals surface area contributed by atoms with Gasteiger partial charge in [0.1, 0.15) is 0 Å². The van der Waals surface area contributed by atoms with E-state index in [4.69, 9.17) is 9.47 Å². The van der Waals surface area contributed by atoms with E-state index in [1.165, 1.54) is 0 Å². The first-order valence-electron chi connectivity index (χ1n) is 10.1. The van der Waals surface area contributed by atoms with Crippen molar-refractivity contribution in [2.75, 3.05) is 13.7 Å². The van der Waals surface area contributed by atoms with Gasteiger partial charge in [0.15, 0.2) is 17.2 Å². The van der Waals surface area contributed by atoms with Crippen molar-refractivity contribution < 1.29 is 14.3 Å². The van der Waals surface area contributed by atoms with Gasteiger partial charge in [0.25, 0.3) is 5.91 Å². The van der Waals surface area contributed by atoms with E-state index in [-0.39, 0.29) is 11.9 Å². The Balaban J connectivity index is 1.75. The lowest BCUT2D eigenvalue weighted by atomic mass is 10.1. The van der Waals surface area contributed by atoms with Gasteiger partial charge in [0.2, 0.25) is 0 Å². The number of carbonyl (C=O) groups excluding carboxylic acids is 1. The van der Waals surface area contributed by atoms with E-state index < -0.39 is 0 Å². The number of benzene rings is 2. The monoisotopic (exact) mass is 408 g/mol. The number of aromatic nitrogens is 3. The molecule has 2 aromatic carbocycles. The Morgan fingerprint density at radius 1 is 1.13 bits per heavy atom. The molecule has 0 saturated heterocycles. The van der Waals surface area contributed by atoms with E-state index in [1.807, 2.05) is 63.2 Å². The molecule has 0 aliphatic heterocycles. The minimum atomic E-state index is -0.274. The van der Waals surface area contributed by atoms with Crippen molar-refractivity contribution in [3.63, 3.8) is 0 Å². The molecule has 158 valence electrons. The highest BCUT2D eigenvalue weighted by Gasteiger charge is 2.20. The zero-order valence-electron chi connectivity index (χ0n) is 18.1. The molecule has 0 aliphatic rings. The number of hydrogen-bond acceptors (Lipinski definition) is 5. The first kappa shape index (κ1) is 21.4. The van der Waals surface area contributed by atoms with E-state index >= 15 is 0 Å². The highest BCUT2D eigenvalue weighted by molar-refractivity contribution is 5.93. The van der Waals surface area contributed by atoms with Crippen LogP contribution in [0, 0.1) is 13.8 Å². The fraction of sp³-hybridized carbons (Fsp3) is 0.348.